The average Bonchev–Trinajstić information content (AvgIpc) is 2.56. The smallest absolute Gasteiger partial charge is 0.330 e. The van der Waals surface area contributed by atoms with Crippen LogP contribution in [0.15, 0.2) is 21.9 Å². The third kappa shape index (κ3) is 1.30. The van der Waals surface area contributed by atoms with Crippen LogP contribution in [0.25, 0.3) is 0 Å². The molecule has 0 amide bonds. The first-order valence-electron chi connectivity index (χ1n) is 5.92. The topological polar surface area (TPSA) is 114 Å². The van der Waals surface area contributed by atoms with Crippen molar-refractivity contribution >= 4 is 0 Å². The van der Waals surface area contributed by atoms with Crippen LogP contribution in [0.1, 0.15) is 0 Å². The first-order valence-corrected chi connectivity index (χ1v) is 5.92. The second kappa shape index (κ2) is 4.04. The second-order valence-electron chi connectivity index (χ2n) is 4.72. The van der Waals surface area contributed by atoms with Gasteiger partial charge in [-0.25, -0.2) is 4.79 Å². The van der Waals surface area contributed by atoms with Crippen LogP contribution in [0.2, 0.25) is 0 Å². The molecular formula is C12H12N2O6. The Morgan fingerprint density at radius 3 is 2.85 bits per heavy atom. The predicted octanol–water partition coefficient (Wildman–Crippen LogP) is -2.66. The molecular weight excluding hydrogens is 268 g/mol. The van der Waals surface area contributed by atoms with Crippen molar-refractivity contribution in [2.45, 2.75) is 23.5 Å². The highest BCUT2D eigenvalue weighted by Gasteiger charge is 2.74. The number of aliphatic hydroxyl groups excluding tert-OH is 2. The fourth-order valence-corrected chi connectivity index (χ4v) is 2.75. The summed E-state index contributed by atoms with van der Waals surface area (Å²) < 4.78 is 12.0. The molecule has 2 aliphatic heterocycles. The summed E-state index contributed by atoms with van der Waals surface area (Å²) in [5, 5.41) is 19.4. The van der Waals surface area contributed by atoms with Gasteiger partial charge in [0.2, 0.25) is 11.3 Å². The van der Waals surface area contributed by atoms with Crippen LogP contribution in [-0.2, 0) is 15.2 Å². The molecule has 3 heterocycles. The van der Waals surface area contributed by atoms with Gasteiger partial charge in [-0.2, -0.15) is 0 Å². The van der Waals surface area contributed by atoms with Gasteiger partial charge in [0.25, 0.3) is 5.56 Å². The van der Waals surface area contributed by atoms with Gasteiger partial charge in [0, 0.05) is 12.3 Å². The van der Waals surface area contributed by atoms with E-state index < -0.39 is 41.4 Å². The van der Waals surface area contributed by atoms with E-state index in [1.807, 2.05) is 0 Å². The Hall–Kier alpha value is -1.92. The van der Waals surface area contributed by atoms with Crippen LogP contribution >= 0.6 is 0 Å². The molecule has 8 heteroatoms. The van der Waals surface area contributed by atoms with Crippen LogP contribution in [0.3, 0.4) is 0 Å². The van der Waals surface area contributed by atoms with Crippen molar-refractivity contribution in [3.63, 3.8) is 0 Å². The second-order valence-corrected chi connectivity index (χ2v) is 4.72. The largest absolute Gasteiger partial charge is 0.394 e. The van der Waals surface area contributed by atoms with Crippen LogP contribution < -0.4 is 11.2 Å². The Morgan fingerprint density at radius 1 is 1.60 bits per heavy atom. The molecule has 20 heavy (non-hydrogen) atoms. The van der Waals surface area contributed by atoms with Gasteiger partial charge in [-0.15, -0.1) is 6.42 Å². The Balaban J connectivity index is 2.19. The van der Waals surface area contributed by atoms with E-state index in [1.165, 1.54) is 6.20 Å². The average molecular weight is 280 g/mol. The number of hydrogen-bond acceptors (Lipinski definition) is 6. The molecule has 3 unspecified atom stereocenters. The van der Waals surface area contributed by atoms with E-state index in [1.54, 1.807) is 0 Å². The highest BCUT2D eigenvalue weighted by atomic mass is 16.7. The number of nitrogens with one attached hydrogen (secondary N) is 1. The molecule has 0 aromatic carbocycles. The summed E-state index contributed by atoms with van der Waals surface area (Å²) in [6.45, 7) is -0.551. The summed E-state index contributed by atoms with van der Waals surface area (Å²) in [6.07, 6.45) is 4.39. The van der Waals surface area contributed by atoms with Crippen LogP contribution in [-0.4, -0.2) is 50.8 Å². The lowest BCUT2D eigenvalue weighted by Crippen LogP contribution is -2.71. The molecule has 0 aliphatic carbocycles. The third-order valence-electron chi connectivity index (χ3n) is 3.80. The maximum absolute atomic E-state index is 11.9. The minimum Gasteiger partial charge on any atom is -0.394 e. The van der Waals surface area contributed by atoms with E-state index in [9.17, 15) is 19.8 Å². The van der Waals surface area contributed by atoms with Crippen molar-refractivity contribution in [3.8, 4) is 12.3 Å². The van der Waals surface area contributed by atoms with Gasteiger partial charge >= 0.3 is 5.69 Å². The van der Waals surface area contributed by atoms with Crippen molar-refractivity contribution in [2.75, 3.05) is 13.2 Å². The zero-order valence-corrected chi connectivity index (χ0v) is 10.3. The van der Waals surface area contributed by atoms with Crippen molar-refractivity contribution in [1.82, 2.24) is 9.55 Å². The Morgan fingerprint density at radius 2 is 2.35 bits per heavy atom. The van der Waals surface area contributed by atoms with Gasteiger partial charge in [-0.3, -0.25) is 14.3 Å². The molecule has 1 aromatic rings. The number of nitrogens with zero attached hydrogens (tertiary/aromatic N) is 1. The van der Waals surface area contributed by atoms with Crippen LogP contribution in [0, 0.1) is 12.3 Å². The molecule has 8 nitrogen and oxygen atoms in total. The quantitative estimate of drug-likeness (QED) is 0.510. The Labute approximate surface area is 112 Å². The maximum atomic E-state index is 11.9. The lowest BCUT2D eigenvalue weighted by atomic mass is 9.81. The summed E-state index contributed by atoms with van der Waals surface area (Å²) in [6, 6.07) is 1.14. The Kier molecular flexibility index (Phi) is 2.64. The van der Waals surface area contributed by atoms with Gasteiger partial charge in [-0.1, -0.05) is 5.92 Å². The number of ether oxygens (including phenoxy) is 2. The number of H-pyrrole nitrogens is 1. The zero-order valence-electron chi connectivity index (χ0n) is 10.3. The van der Waals surface area contributed by atoms with E-state index in [2.05, 4.69) is 10.9 Å². The number of aromatic amines is 1. The van der Waals surface area contributed by atoms with Crippen LogP contribution in [0.4, 0.5) is 0 Å². The highest BCUT2D eigenvalue weighted by Crippen LogP contribution is 2.52. The van der Waals surface area contributed by atoms with Gasteiger partial charge in [0.05, 0.1) is 6.61 Å². The van der Waals surface area contributed by atoms with E-state index >= 15 is 0 Å². The molecule has 3 N–H and O–H groups in total. The lowest BCUT2D eigenvalue weighted by Gasteiger charge is -2.50. The first-order chi connectivity index (χ1) is 9.50. The van der Waals surface area contributed by atoms with Gasteiger partial charge in [0.1, 0.15) is 18.8 Å². The monoisotopic (exact) mass is 280 g/mol. The van der Waals surface area contributed by atoms with E-state index in [-0.39, 0.29) is 6.61 Å². The number of terminal acetylenes is 1. The molecule has 1 aromatic heterocycles. The fourth-order valence-electron chi connectivity index (χ4n) is 2.75. The molecule has 106 valence electrons. The first kappa shape index (κ1) is 13.1. The standard InChI is InChI=1S/C12H12N2O6/c1-2-11-9(17)7(5-15)20-12(11,6-19-11)14-4-3-8(16)13-10(14)18/h1,3-4,7,9,15,17H,5-6H2,(H,13,16,18)/t7?,9?,11-,12?/m0/s1. The number of aromatic nitrogens is 2. The molecule has 3 rings (SSSR count). The van der Waals surface area contributed by atoms with E-state index in [0.29, 0.717) is 0 Å². The van der Waals surface area contributed by atoms with E-state index in [0.717, 1.165) is 10.6 Å². The van der Waals surface area contributed by atoms with Crippen molar-refractivity contribution < 1.29 is 19.7 Å². The molecule has 4 atom stereocenters. The molecule has 2 aliphatic rings. The van der Waals surface area contributed by atoms with Gasteiger partial charge < -0.3 is 19.7 Å². The summed E-state index contributed by atoms with van der Waals surface area (Å²) in [7, 11) is 0. The normalized spacial score (nSPS) is 38.9. The van der Waals surface area contributed by atoms with E-state index in [4.69, 9.17) is 15.9 Å². The summed E-state index contributed by atoms with van der Waals surface area (Å²) in [5.41, 5.74) is -4.30. The molecule has 2 saturated heterocycles. The van der Waals surface area contributed by atoms with Crippen molar-refractivity contribution in [1.29, 1.82) is 0 Å². The molecule has 0 bridgehead atoms. The van der Waals surface area contributed by atoms with Gasteiger partial charge in [0.15, 0.2) is 0 Å². The summed E-state index contributed by atoms with van der Waals surface area (Å²) in [5.74, 6) is 2.31. The fraction of sp³-hybridized carbons (Fsp3) is 0.500. The predicted molar refractivity (Wildman–Crippen MR) is 64.8 cm³/mol. The van der Waals surface area contributed by atoms with Crippen LogP contribution in [0.5, 0.6) is 0 Å². The zero-order chi connectivity index (χ0) is 14.5. The SMILES string of the molecule is C#C[C@@]12OCC1(n1ccc(=O)[nH]c1=O)OC(CO)C2O. The third-order valence-corrected chi connectivity index (χ3v) is 3.80. The number of rotatable bonds is 2. The van der Waals surface area contributed by atoms with Crippen molar-refractivity contribution in [2.24, 2.45) is 0 Å². The summed E-state index contributed by atoms with van der Waals surface area (Å²) in [4.78, 5) is 25.1. The van der Waals surface area contributed by atoms with Crippen molar-refractivity contribution in [3.05, 3.63) is 33.1 Å². The number of hydrogen-bond donors (Lipinski definition) is 3. The minimum atomic E-state index is -1.57. The highest BCUT2D eigenvalue weighted by molar-refractivity contribution is 5.30. The molecule has 0 spiro atoms. The Bertz CT molecular complexity index is 703. The minimum absolute atomic E-state index is 0.0727. The maximum Gasteiger partial charge on any atom is 0.330 e. The van der Waals surface area contributed by atoms with Gasteiger partial charge in [-0.05, 0) is 0 Å². The number of fused-ring (bicyclic) bond motifs is 1. The molecule has 0 saturated carbocycles. The number of aliphatic hydroxyl groups is 2. The molecule has 0 radical (unpaired) electrons. The lowest BCUT2D eigenvalue weighted by molar-refractivity contribution is -0.312. The summed E-state index contributed by atoms with van der Waals surface area (Å²) >= 11 is 0. The molecule has 2 fully saturated rings.